The third-order valence-electron chi connectivity index (χ3n) is 3.89. The minimum atomic E-state index is -0.233. The van der Waals surface area contributed by atoms with E-state index in [1.165, 1.54) is 23.9 Å². The fraction of sp³-hybridized carbons (Fsp3) is 0.333. The van der Waals surface area contributed by atoms with E-state index in [9.17, 15) is 9.59 Å². The largest absolute Gasteiger partial charge is 0.496 e. The van der Waals surface area contributed by atoms with Crippen LogP contribution in [-0.4, -0.2) is 39.0 Å². The Morgan fingerprint density at radius 3 is 2.96 bits per heavy atom. The number of anilines is 1. The molecule has 8 heteroatoms. The molecule has 1 amide bonds. The van der Waals surface area contributed by atoms with Gasteiger partial charge in [-0.2, -0.15) is 0 Å². The third kappa shape index (κ3) is 2.75. The maximum absolute atomic E-state index is 12.8. The second-order valence-corrected chi connectivity index (χ2v) is 5.38. The number of amides is 1. The van der Waals surface area contributed by atoms with Crippen molar-refractivity contribution in [1.29, 1.82) is 0 Å². The molecule has 0 bridgehead atoms. The minimum Gasteiger partial charge on any atom is -0.496 e. The smallest absolute Gasteiger partial charge is 0.259 e. The number of ether oxygens (including phenoxy) is 1. The van der Waals surface area contributed by atoms with E-state index in [0.717, 1.165) is 11.3 Å². The van der Waals surface area contributed by atoms with Gasteiger partial charge in [0.1, 0.15) is 5.75 Å². The number of methoxy groups -OCH3 is 1. The van der Waals surface area contributed by atoms with Gasteiger partial charge in [-0.3, -0.25) is 9.59 Å². The zero-order valence-corrected chi connectivity index (χ0v) is 12.9. The van der Waals surface area contributed by atoms with Gasteiger partial charge in [-0.1, -0.05) is 0 Å². The maximum Gasteiger partial charge on any atom is 0.259 e. The van der Waals surface area contributed by atoms with Crippen molar-refractivity contribution in [2.45, 2.75) is 13.0 Å². The van der Waals surface area contributed by atoms with Crippen molar-refractivity contribution in [2.24, 2.45) is 7.05 Å². The molecule has 8 nitrogen and oxygen atoms in total. The number of hydrogen-bond donors (Lipinski definition) is 1. The van der Waals surface area contributed by atoms with Gasteiger partial charge in [-0.25, -0.2) is 9.97 Å². The van der Waals surface area contributed by atoms with Gasteiger partial charge in [0.2, 0.25) is 5.95 Å². The van der Waals surface area contributed by atoms with Gasteiger partial charge in [0, 0.05) is 32.1 Å². The monoisotopic (exact) mass is 315 g/mol. The van der Waals surface area contributed by atoms with Crippen LogP contribution in [0.5, 0.6) is 5.75 Å². The molecule has 23 heavy (non-hydrogen) atoms. The first-order valence-electron chi connectivity index (χ1n) is 7.14. The van der Waals surface area contributed by atoms with Crippen LogP contribution in [-0.2, 0) is 20.0 Å². The summed E-state index contributed by atoms with van der Waals surface area (Å²) < 4.78 is 6.53. The van der Waals surface area contributed by atoms with E-state index in [0.29, 0.717) is 25.1 Å². The normalized spacial score (nSPS) is 13.6. The van der Waals surface area contributed by atoms with E-state index in [2.05, 4.69) is 9.97 Å². The number of aromatic nitrogens is 3. The Kier molecular flexibility index (Phi) is 3.73. The van der Waals surface area contributed by atoms with Gasteiger partial charge < -0.3 is 19.9 Å². The van der Waals surface area contributed by atoms with E-state index < -0.39 is 0 Å². The van der Waals surface area contributed by atoms with Crippen molar-refractivity contribution in [3.05, 3.63) is 45.6 Å². The number of fused-ring (bicyclic) bond motifs is 1. The first kappa shape index (κ1) is 15.0. The third-order valence-corrected chi connectivity index (χ3v) is 3.89. The van der Waals surface area contributed by atoms with Gasteiger partial charge in [-0.15, -0.1) is 0 Å². The van der Waals surface area contributed by atoms with Crippen molar-refractivity contribution in [3.63, 3.8) is 0 Å². The minimum absolute atomic E-state index is 0.192. The van der Waals surface area contributed by atoms with Crippen LogP contribution in [0.1, 0.15) is 21.6 Å². The topological polar surface area (TPSA) is 103 Å². The van der Waals surface area contributed by atoms with Crippen LogP contribution >= 0.6 is 0 Å². The van der Waals surface area contributed by atoms with Crippen molar-refractivity contribution < 1.29 is 9.53 Å². The molecule has 120 valence electrons. The van der Waals surface area contributed by atoms with E-state index >= 15 is 0 Å². The molecule has 0 atom stereocenters. The molecule has 0 saturated carbocycles. The lowest BCUT2D eigenvalue weighted by Gasteiger charge is -2.28. The van der Waals surface area contributed by atoms with E-state index in [-0.39, 0.29) is 23.2 Å². The Balaban J connectivity index is 1.93. The summed E-state index contributed by atoms with van der Waals surface area (Å²) in [7, 11) is 3.03. The van der Waals surface area contributed by atoms with Crippen LogP contribution in [0.15, 0.2) is 23.3 Å². The van der Waals surface area contributed by atoms with Crippen LogP contribution in [0.2, 0.25) is 0 Å². The quantitative estimate of drug-likeness (QED) is 0.834. The Labute approximate surface area is 132 Å². The van der Waals surface area contributed by atoms with Crippen molar-refractivity contribution >= 4 is 11.9 Å². The Morgan fingerprint density at radius 2 is 2.22 bits per heavy atom. The molecule has 2 N–H and O–H groups in total. The molecule has 1 aliphatic heterocycles. The lowest BCUT2D eigenvalue weighted by atomic mass is 10.1. The number of aryl methyl sites for hydroxylation is 1. The van der Waals surface area contributed by atoms with Gasteiger partial charge in [-0.05, 0) is 12.0 Å². The zero-order chi connectivity index (χ0) is 16.6. The van der Waals surface area contributed by atoms with Gasteiger partial charge in [0.05, 0.1) is 24.9 Å². The summed E-state index contributed by atoms with van der Waals surface area (Å²) in [6.45, 7) is 0.901. The summed E-state index contributed by atoms with van der Waals surface area (Å²) in [5, 5.41) is 0. The van der Waals surface area contributed by atoms with E-state index in [4.69, 9.17) is 10.5 Å². The van der Waals surface area contributed by atoms with Gasteiger partial charge in [0.25, 0.3) is 11.5 Å². The van der Waals surface area contributed by atoms with E-state index in [1.807, 2.05) is 0 Å². The molecule has 0 aromatic carbocycles. The number of carbonyl (C=O) groups is 1. The lowest BCUT2D eigenvalue weighted by molar-refractivity contribution is 0.0727. The molecule has 0 radical (unpaired) electrons. The Hall–Kier alpha value is -2.90. The summed E-state index contributed by atoms with van der Waals surface area (Å²) in [4.78, 5) is 34.3. The number of pyridine rings is 1. The van der Waals surface area contributed by atoms with Gasteiger partial charge in [0.15, 0.2) is 0 Å². The molecule has 3 rings (SSSR count). The number of hydrogen-bond acceptors (Lipinski definition) is 6. The molecular formula is C15H17N5O3. The van der Waals surface area contributed by atoms with Crippen molar-refractivity contribution in [1.82, 2.24) is 19.4 Å². The average Bonchev–Trinajstić information content (AvgIpc) is 2.55. The highest BCUT2D eigenvalue weighted by Crippen LogP contribution is 2.22. The predicted octanol–water partition coefficient (Wildman–Crippen LogP) is -0.0354. The maximum atomic E-state index is 12.8. The highest BCUT2D eigenvalue weighted by Gasteiger charge is 2.25. The summed E-state index contributed by atoms with van der Waals surface area (Å²) in [5.41, 5.74) is 7.47. The van der Waals surface area contributed by atoms with Crippen molar-refractivity contribution in [3.8, 4) is 5.75 Å². The fourth-order valence-corrected chi connectivity index (χ4v) is 2.60. The number of nitrogen functional groups attached to an aromatic ring is 1. The molecule has 0 fully saturated rings. The van der Waals surface area contributed by atoms with Crippen LogP contribution in [0.25, 0.3) is 0 Å². The number of nitrogens with two attached hydrogens (primary N) is 1. The molecule has 0 unspecified atom stereocenters. The molecule has 0 spiro atoms. The molecule has 0 saturated heterocycles. The molecule has 3 heterocycles. The summed E-state index contributed by atoms with van der Waals surface area (Å²) in [6, 6.07) is 1.31. The fourth-order valence-electron chi connectivity index (χ4n) is 2.60. The van der Waals surface area contributed by atoms with Crippen LogP contribution < -0.4 is 16.0 Å². The van der Waals surface area contributed by atoms with Gasteiger partial charge >= 0.3 is 0 Å². The number of rotatable bonds is 2. The molecule has 2 aromatic rings. The molecule has 2 aromatic heterocycles. The molecular weight excluding hydrogens is 298 g/mol. The standard InChI is InChI=1S/C15H17N5O3/c1-19-7-10(12(23-2)5-13(19)21)14(22)20-4-3-9-6-17-15(16)18-11(9)8-20/h5-7H,3-4,8H2,1-2H3,(H2,16,17,18). The first-order chi connectivity index (χ1) is 11.0. The van der Waals surface area contributed by atoms with E-state index in [1.54, 1.807) is 18.1 Å². The van der Waals surface area contributed by atoms with Crippen LogP contribution in [0.3, 0.4) is 0 Å². The second-order valence-electron chi connectivity index (χ2n) is 5.38. The number of carbonyl (C=O) groups excluding carboxylic acids is 1. The predicted molar refractivity (Wildman–Crippen MR) is 83.1 cm³/mol. The number of nitrogens with zero attached hydrogens (tertiary/aromatic N) is 4. The second kappa shape index (κ2) is 5.71. The summed E-state index contributed by atoms with van der Waals surface area (Å²) in [5.74, 6) is 0.254. The van der Waals surface area contributed by atoms with Crippen LogP contribution in [0.4, 0.5) is 5.95 Å². The Morgan fingerprint density at radius 1 is 1.43 bits per heavy atom. The molecule has 1 aliphatic rings. The zero-order valence-electron chi connectivity index (χ0n) is 12.9. The first-order valence-corrected chi connectivity index (χ1v) is 7.14. The van der Waals surface area contributed by atoms with Crippen LogP contribution in [0, 0.1) is 0 Å². The molecule has 0 aliphatic carbocycles. The highest BCUT2D eigenvalue weighted by atomic mass is 16.5. The highest BCUT2D eigenvalue weighted by molar-refractivity contribution is 5.96. The summed E-state index contributed by atoms with van der Waals surface area (Å²) in [6.07, 6.45) is 3.86. The SMILES string of the molecule is COc1cc(=O)n(C)cc1C(=O)N1CCc2cnc(N)nc2C1. The average molecular weight is 315 g/mol. The van der Waals surface area contributed by atoms with Crippen molar-refractivity contribution in [2.75, 3.05) is 19.4 Å². The Bertz CT molecular complexity index is 830. The summed E-state index contributed by atoms with van der Waals surface area (Å²) >= 11 is 0. The lowest BCUT2D eigenvalue weighted by Crippen LogP contribution is -2.37.